The van der Waals surface area contributed by atoms with Crippen LogP contribution in [0.2, 0.25) is 5.15 Å². The second-order valence-corrected chi connectivity index (χ2v) is 5.21. The summed E-state index contributed by atoms with van der Waals surface area (Å²) in [4.78, 5) is 24.5. The minimum Gasteiger partial charge on any atom is -0.348 e. The number of hydrogen-bond donors (Lipinski definition) is 1. The highest BCUT2D eigenvalue weighted by molar-refractivity contribution is 6.29. The molecule has 0 saturated carbocycles. The number of carbonyl (C=O) groups excluding carboxylic acids is 1. The van der Waals surface area contributed by atoms with Gasteiger partial charge in [0.25, 0.3) is 0 Å². The number of carbonyl (C=O) groups is 1. The van der Waals surface area contributed by atoms with Gasteiger partial charge in [0, 0.05) is 18.8 Å². The molecule has 0 aliphatic carbocycles. The maximum atomic E-state index is 11.8. The van der Waals surface area contributed by atoms with Crippen molar-refractivity contribution in [1.29, 1.82) is 0 Å². The van der Waals surface area contributed by atoms with Crippen molar-refractivity contribution in [3.8, 4) is 0 Å². The van der Waals surface area contributed by atoms with Crippen LogP contribution >= 0.6 is 11.6 Å². The Hall–Kier alpha value is -2.79. The monoisotopic (exact) mass is 324 g/mol. The number of fused-ring (bicyclic) bond motifs is 1. The molecule has 2 heterocycles. The Kier molecular flexibility index (Phi) is 4.59. The Balaban J connectivity index is 1.61. The number of halogens is 1. The summed E-state index contributed by atoms with van der Waals surface area (Å²) in [5.41, 5.74) is 3.13. The fourth-order valence-corrected chi connectivity index (χ4v) is 2.08. The van der Waals surface area contributed by atoms with Gasteiger partial charge >= 0.3 is 0 Å². The molecule has 5 nitrogen and oxygen atoms in total. The lowest BCUT2D eigenvalue weighted by atomic mass is 10.2. The molecule has 0 radical (unpaired) electrons. The van der Waals surface area contributed by atoms with Crippen LogP contribution in [0.3, 0.4) is 0 Å². The molecule has 2 aromatic heterocycles. The van der Waals surface area contributed by atoms with Gasteiger partial charge in [-0.1, -0.05) is 29.8 Å². The lowest BCUT2D eigenvalue weighted by Gasteiger charge is -2.02. The van der Waals surface area contributed by atoms with E-state index in [0.717, 1.165) is 16.6 Å². The van der Waals surface area contributed by atoms with E-state index in [1.54, 1.807) is 24.5 Å². The number of para-hydroxylation sites is 2. The molecule has 3 rings (SSSR count). The number of benzene rings is 1. The smallest absolute Gasteiger partial charge is 0.244 e. The number of nitrogens with one attached hydrogen (secondary N) is 1. The molecule has 0 saturated heterocycles. The summed E-state index contributed by atoms with van der Waals surface area (Å²) in [6, 6.07) is 11.1. The third-order valence-electron chi connectivity index (χ3n) is 3.13. The molecule has 0 aliphatic rings. The van der Waals surface area contributed by atoms with Crippen LogP contribution in [0.5, 0.6) is 0 Å². The Morgan fingerprint density at radius 1 is 1.09 bits per heavy atom. The van der Waals surface area contributed by atoms with Crippen LogP contribution in [0.1, 0.15) is 11.3 Å². The van der Waals surface area contributed by atoms with Gasteiger partial charge in [-0.05, 0) is 29.8 Å². The highest BCUT2D eigenvalue weighted by atomic mass is 35.5. The average molecular weight is 325 g/mol. The van der Waals surface area contributed by atoms with Crippen molar-refractivity contribution < 1.29 is 4.79 Å². The summed E-state index contributed by atoms with van der Waals surface area (Å²) < 4.78 is 0. The summed E-state index contributed by atoms with van der Waals surface area (Å²) >= 11 is 5.71. The summed E-state index contributed by atoms with van der Waals surface area (Å²) in [5.74, 6) is -0.213. The molecule has 6 heteroatoms. The van der Waals surface area contributed by atoms with E-state index in [1.807, 2.05) is 30.3 Å². The zero-order chi connectivity index (χ0) is 16.1. The predicted molar refractivity (Wildman–Crippen MR) is 89.7 cm³/mol. The molecule has 23 heavy (non-hydrogen) atoms. The van der Waals surface area contributed by atoms with Crippen molar-refractivity contribution in [3.63, 3.8) is 0 Å². The Bertz CT molecular complexity index is 862. The highest BCUT2D eigenvalue weighted by Gasteiger charge is 1.99. The van der Waals surface area contributed by atoms with Crippen molar-refractivity contribution in [2.75, 3.05) is 0 Å². The van der Waals surface area contributed by atoms with Gasteiger partial charge in [-0.15, -0.1) is 0 Å². The Morgan fingerprint density at radius 3 is 2.70 bits per heavy atom. The van der Waals surface area contributed by atoms with Crippen molar-refractivity contribution in [3.05, 3.63) is 71.3 Å². The first-order chi connectivity index (χ1) is 11.2. The highest BCUT2D eigenvalue weighted by Crippen LogP contribution is 2.09. The zero-order valence-corrected chi connectivity index (χ0v) is 12.9. The second-order valence-electron chi connectivity index (χ2n) is 4.82. The van der Waals surface area contributed by atoms with Crippen LogP contribution in [-0.2, 0) is 11.3 Å². The summed E-state index contributed by atoms with van der Waals surface area (Å²) in [5, 5.41) is 3.19. The zero-order valence-electron chi connectivity index (χ0n) is 12.1. The van der Waals surface area contributed by atoms with Crippen molar-refractivity contribution in [2.45, 2.75) is 6.54 Å². The van der Waals surface area contributed by atoms with Gasteiger partial charge in [-0.3, -0.25) is 9.78 Å². The van der Waals surface area contributed by atoms with Crippen molar-refractivity contribution in [1.82, 2.24) is 20.3 Å². The number of rotatable bonds is 4. The number of aromatic nitrogens is 3. The fourth-order valence-electron chi connectivity index (χ4n) is 1.97. The number of amides is 1. The first-order valence-corrected chi connectivity index (χ1v) is 7.37. The van der Waals surface area contributed by atoms with E-state index in [-0.39, 0.29) is 5.91 Å². The SMILES string of the molecule is O=C(/C=C/c1cnc2ccccc2n1)NCc1ccc(Cl)nc1. The molecule has 0 fully saturated rings. The molecule has 114 valence electrons. The molecule has 0 atom stereocenters. The molecular weight excluding hydrogens is 312 g/mol. The number of pyridine rings is 1. The van der Waals surface area contributed by atoms with E-state index in [2.05, 4.69) is 20.3 Å². The van der Waals surface area contributed by atoms with E-state index in [1.165, 1.54) is 6.08 Å². The van der Waals surface area contributed by atoms with Gasteiger partial charge < -0.3 is 5.32 Å². The summed E-state index contributed by atoms with van der Waals surface area (Å²) in [7, 11) is 0. The molecule has 1 amide bonds. The third-order valence-corrected chi connectivity index (χ3v) is 3.35. The molecular formula is C17H13ClN4O. The van der Waals surface area contributed by atoms with Crippen LogP contribution in [0.4, 0.5) is 0 Å². The van der Waals surface area contributed by atoms with E-state index in [0.29, 0.717) is 17.4 Å². The maximum absolute atomic E-state index is 11.8. The normalized spacial score (nSPS) is 11.0. The first kappa shape index (κ1) is 15.1. The van der Waals surface area contributed by atoms with Crippen LogP contribution in [0, 0.1) is 0 Å². The van der Waals surface area contributed by atoms with Crippen molar-refractivity contribution >= 4 is 34.6 Å². The van der Waals surface area contributed by atoms with Gasteiger partial charge in [-0.2, -0.15) is 0 Å². The van der Waals surface area contributed by atoms with E-state index in [9.17, 15) is 4.79 Å². The van der Waals surface area contributed by atoms with Crippen LogP contribution < -0.4 is 5.32 Å². The van der Waals surface area contributed by atoms with E-state index in [4.69, 9.17) is 11.6 Å². The molecule has 3 aromatic rings. The van der Waals surface area contributed by atoms with E-state index >= 15 is 0 Å². The minimum atomic E-state index is -0.213. The standard InChI is InChI=1S/C17H13ClN4O/c18-16-7-5-12(9-20-16)10-21-17(23)8-6-13-11-19-14-3-1-2-4-15(14)22-13/h1-9,11H,10H2,(H,21,23)/b8-6+. The largest absolute Gasteiger partial charge is 0.348 e. The van der Waals surface area contributed by atoms with Crippen LogP contribution in [0.25, 0.3) is 17.1 Å². The number of nitrogens with zero attached hydrogens (tertiary/aromatic N) is 3. The van der Waals surface area contributed by atoms with Crippen LogP contribution in [0.15, 0.2) is 54.9 Å². The Morgan fingerprint density at radius 2 is 1.91 bits per heavy atom. The average Bonchev–Trinajstić information content (AvgIpc) is 2.59. The minimum absolute atomic E-state index is 0.213. The van der Waals surface area contributed by atoms with Gasteiger partial charge in [-0.25, -0.2) is 9.97 Å². The van der Waals surface area contributed by atoms with Gasteiger partial charge in [0.1, 0.15) is 5.15 Å². The lowest BCUT2D eigenvalue weighted by molar-refractivity contribution is -0.116. The predicted octanol–water partition coefficient (Wildman–Crippen LogP) is 3.01. The maximum Gasteiger partial charge on any atom is 0.244 e. The van der Waals surface area contributed by atoms with Gasteiger partial charge in [0.05, 0.1) is 22.9 Å². The van der Waals surface area contributed by atoms with Crippen molar-refractivity contribution in [2.24, 2.45) is 0 Å². The molecule has 1 N–H and O–H groups in total. The molecule has 1 aromatic carbocycles. The molecule has 0 unspecified atom stereocenters. The molecule has 0 bridgehead atoms. The quantitative estimate of drug-likeness (QED) is 0.591. The summed E-state index contributed by atoms with van der Waals surface area (Å²) in [6.07, 6.45) is 6.33. The summed E-state index contributed by atoms with van der Waals surface area (Å²) in [6.45, 7) is 0.386. The van der Waals surface area contributed by atoms with Crippen LogP contribution in [-0.4, -0.2) is 20.9 Å². The fraction of sp³-hybridized carbons (Fsp3) is 0.0588. The molecule has 0 spiro atoms. The topological polar surface area (TPSA) is 67.8 Å². The first-order valence-electron chi connectivity index (χ1n) is 6.99. The van der Waals surface area contributed by atoms with E-state index < -0.39 is 0 Å². The van der Waals surface area contributed by atoms with Gasteiger partial charge in [0.15, 0.2) is 0 Å². The lowest BCUT2D eigenvalue weighted by Crippen LogP contribution is -2.20. The third kappa shape index (κ3) is 4.11. The molecule has 0 aliphatic heterocycles. The second kappa shape index (κ2) is 6.98. The Labute approximate surface area is 138 Å². The van der Waals surface area contributed by atoms with Gasteiger partial charge in [0.2, 0.25) is 5.91 Å². The number of hydrogen-bond acceptors (Lipinski definition) is 4.